The lowest BCUT2D eigenvalue weighted by Gasteiger charge is -2.46. The number of aliphatic hydroxyl groups is 1. The molecule has 4 N–H and O–H groups in total. The van der Waals surface area contributed by atoms with Gasteiger partial charge >= 0.3 is 5.97 Å². The van der Waals surface area contributed by atoms with E-state index in [1.54, 1.807) is 6.07 Å². The Balaban J connectivity index is 1.16. The molecule has 7 aromatic rings. The van der Waals surface area contributed by atoms with Gasteiger partial charge in [-0.25, -0.2) is 4.98 Å². The van der Waals surface area contributed by atoms with E-state index < -0.39 is 53.3 Å². The summed E-state index contributed by atoms with van der Waals surface area (Å²) in [4.78, 5) is 58.6. The summed E-state index contributed by atoms with van der Waals surface area (Å²) in [5.41, 5.74) is 4.92. The summed E-state index contributed by atoms with van der Waals surface area (Å²) in [7, 11) is 2.01. The summed E-state index contributed by atoms with van der Waals surface area (Å²) >= 11 is 0. The van der Waals surface area contributed by atoms with Gasteiger partial charge in [0.25, 0.3) is 0 Å². The standard InChI is InChI=1S/C54H48N6O6/c1-59(34-36-15-5-2-6-16-36)28-14-17-35-26-27-42-41(31-35)54(53(64)58-42)46(51(62)55-33-45-56-43-24-11-12-25-44(43)57-45)48-52(63)66-49(38-20-9-4-10-21-38)47(37-18-7-3-8-19-37)60(48)50(54)39-22-13-23-40(32-39)65-30-29-61/h2-13,15-16,18-27,31-32,46-50,61H,28-30,33-34H2,1H3,(H,55,62)(H,56,57)(H,58,64)/t46-,47-,48-,49+,50+,54-/m0/s1. The van der Waals surface area contributed by atoms with E-state index in [9.17, 15) is 5.11 Å². The van der Waals surface area contributed by atoms with Crippen molar-refractivity contribution >= 4 is 34.5 Å². The number of carbonyl (C=O) groups excluding carboxylic acids is 3. The second-order valence-corrected chi connectivity index (χ2v) is 17.0. The number of morpholine rings is 1. The highest BCUT2D eigenvalue weighted by atomic mass is 16.6. The number of esters is 1. The molecule has 6 atom stereocenters. The van der Waals surface area contributed by atoms with Crippen LogP contribution in [0, 0.1) is 17.8 Å². The average Bonchev–Trinajstić information content (AvgIpc) is 4.01. The fourth-order valence-electron chi connectivity index (χ4n) is 10.2. The third-order valence-corrected chi connectivity index (χ3v) is 12.9. The van der Waals surface area contributed by atoms with Crippen molar-refractivity contribution in [2.45, 2.75) is 42.7 Å². The molecular formula is C54H48N6O6. The van der Waals surface area contributed by atoms with Crippen LogP contribution in [0.15, 0.2) is 158 Å². The lowest BCUT2D eigenvalue weighted by molar-refractivity contribution is -0.178. The van der Waals surface area contributed by atoms with Crippen molar-refractivity contribution in [3.05, 3.63) is 197 Å². The number of aliphatic hydroxyl groups excluding tert-OH is 1. The highest BCUT2D eigenvalue weighted by molar-refractivity contribution is 6.12. The Bertz CT molecular complexity index is 2940. The quantitative estimate of drug-likeness (QED) is 0.0752. The van der Waals surface area contributed by atoms with Crippen LogP contribution in [0.25, 0.3) is 11.0 Å². The number of nitrogens with one attached hydrogen (secondary N) is 3. The van der Waals surface area contributed by atoms with Crippen LogP contribution in [0.2, 0.25) is 0 Å². The molecule has 3 aliphatic heterocycles. The third kappa shape index (κ3) is 7.77. The van der Waals surface area contributed by atoms with Gasteiger partial charge in [-0.2, -0.15) is 0 Å². The molecule has 330 valence electrons. The number of aromatic amines is 1. The fraction of sp³-hybridized carbons (Fsp3) is 0.222. The van der Waals surface area contributed by atoms with Gasteiger partial charge in [-0.05, 0) is 77.3 Å². The number of imidazole rings is 1. The number of para-hydroxylation sites is 2. The van der Waals surface area contributed by atoms with Crippen LogP contribution >= 0.6 is 0 Å². The number of ether oxygens (including phenoxy) is 2. The number of nitrogens with zero attached hydrogens (tertiary/aromatic N) is 3. The molecule has 3 aliphatic rings. The van der Waals surface area contributed by atoms with Gasteiger partial charge in [-0.1, -0.05) is 127 Å². The molecule has 4 heterocycles. The number of anilines is 1. The summed E-state index contributed by atoms with van der Waals surface area (Å²) in [6.07, 6.45) is -0.822. The Labute approximate surface area is 382 Å². The average molecular weight is 877 g/mol. The molecule has 2 saturated heterocycles. The van der Waals surface area contributed by atoms with Gasteiger partial charge in [-0.3, -0.25) is 24.2 Å². The van der Waals surface area contributed by atoms with Crippen molar-refractivity contribution in [2.75, 3.05) is 32.1 Å². The van der Waals surface area contributed by atoms with Crippen LogP contribution in [0.5, 0.6) is 5.75 Å². The van der Waals surface area contributed by atoms with Gasteiger partial charge in [-0.15, -0.1) is 0 Å². The monoisotopic (exact) mass is 876 g/mol. The third-order valence-electron chi connectivity index (χ3n) is 12.9. The van der Waals surface area contributed by atoms with Crippen LogP contribution in [0.4, 0.5) is 5.69 Å². The molecule has 2 fully saturated rings. The molecule has 0 saturated carbocycles. The van der Waals surface area contributed by atoms with Crippen molar-refractivity contribution in [1.82, 2.24) is 25.1 Å². The molecule has 1 spiro atoms. The van der Waals surface area contributed by atoms with Crippen LogP contribution in [0.1, 0.15) is 57.4 Å². The molecule has 0 bridgehead atoms. The first kappa shape index (κ1) is 42.4. The van der Waals surface area contributed by atoms with Crippen molar-refractivity contribution < 1.29 is 29.0 Å². The predicted molar refractivity (Wildman–Crippen MR) is 250 cm³/mol. The van der Waals surface area contributed by atoms with E-state index in [1.165, 1.54) is 5.56 Å². The first-order valence-corrected chi connectivity index (χ1v) is 22.1. The van der Waals surface area contributed by atoms with Crippen molar-refractivity contribution in [3.63, 3.8) is 0 Å². The van der Waals surface area contributed by atoms with E-state index in [2.05, 4.69) is 44.5 Å². The van der Waals surface area contributed by atoms with Gasteiger partial charge in [0.15, 0.2) is 0 Å². The van der Waals surface area contributed by atoms with Gasteiger partial charge in [0, 0.05) is 17.8 Å². The topological polar surface area (TPSA) is 149 Å². The number of hydrogen-bond acceptors (Lipinski definition) is 9. The Kier molecular flexibility index (Phi) is 11.7. The number of cyclic esters (lactones) is 1. The van der Waals surface area contributed by atoms with Crippen LogP contribution < -0.4 is 15.4 Å². The second kappa shape index (κ2) is 18.1. The van der Waals surface area contributed by atoms with Crippen LogP contribution in [-0.2, 0) is 37.6 Å². The first-order chi connectivity index (χ1) is 32.3. The summed E-state index contributed by atoms with van der Waals surface area (Å²) in [5.74, 6) is 4.72. The minimum absolute atomic E-state index is 0.00224. The van der Waals surface area contributed by atoms with Crippen LogP contribution in [-0.4, -0.2) is 75.5 Å². The minimum Gasteiger partial charge on any atom is -0.491 e. The fourth-order valence-corrected chi connectivity index (χ4v) is 10.2. The molecule has 0 radical (unpaired) electrons. The molecular weight excluding hydrogens is 829 g/mol. The van der Waals surface area contributed by atoms with E-state index in [4.69, 9.17) is 14.5 Å². The van der Waals surface area contributed by atoms with E-state index in [0.717, 1.165) is 22.2 Å². The van der Waals surface area contributed by atoms with E-state index in [1.807, 2.05) is 151 Å². The van der Waals surface area contributed by atoms with E-state index >= 15 is 14.4 Å². The summed E-state index contributed by atoms with van der Waals surface area (Å²) in [6, 6.07) is 47.2. The Morgan fingerprint density at radius 3 is 2.32 bits per heavy atom. The molecule has 1 aromatic heterocycles. The highest BCUT2D eigenvalue weighted by Crippen LogP contribution is 2.65. The Hall–Kier alpha value is -7.56. The number of aromatic nitrogens is 2. The molecule has 66 heavy (non-hydrogen) atoms. The number of H-pyrrole nitrogens is 1. The number of hydrogen-bond donors (Lipinski definition) is 4. The maximum atomic E-state index is 15.6. The zero-order valence-corrected chi connectivity index (χ0v) is 36.3. The molecule has 0 unspecified atom stereocenters. The number of fused-ring (bicyclic) bond motifs is 4. The largest absolute Gasteiger partial charge is 0.491 e. The molecule has 6 aromatic carbocycles. The van der Waals surface area contributed by atoms with Crippen LogP contribution in [0.3, 0.4) is 0 Å². The summed E-state index contributed by atoms with van der Waals surface area (Å²) in [6.45, 7) is 1.03. The lowest BCUT2D eigenvalue weighted by Crippen LogP contribution is -2.54. The molecule has 12 nitrogen and oxygen atoms in total. The number of rotatable bonds is 12. The van der Waals surface area contributed by atoms with Crippen molar-refractivity contribution in [3.8, 4) is 17.6 Å². The van der Waals surface area contributed by atoms with Gasteiger partial charge in [0.2, 0.25) is 11.8 Å². The minimum atomic E-state index is -1.73. The zero-order valence-electron chi connectivity index (χ0n) is 36.3. The maximum Gasteiger partial charge on any atom is 0.324 e. The molecule has 10 rings (SSSR count). The van der Waals surface area contributed by atoms with Gasteiger partial charge < -0.3 is 30.2 Å². The normalized spacial score (nSPS) is 22.0. The number of amides is 2. The van der Waals surface area contributed by atoms with Crippen molar-refractivity contribution in [2.24, 2.45) is 5.92 Å². The van der Waals surface area contributed by atoms with E-state index in [0.29, 0.717) is 47.0 Å². The van der Waals surface area contributed by atoms with Gasteiger partial charge in [0.05, 0.1) is 48.7 Å². The molecule has 0 aliphatic carbocycles. The Morgan fingerprint density at radius 2 is 1.56 bits per heavy atom. The van der Waals surface area contributed by atoms with Crippen molar-refractivity contribution in [1.29, 1.82) is 0 Å². The Morgan fingerprint density at radius 1 is 0.848 bits per heavy atom. The smallest absolute Gasteiger partial charge is 0.324 e. The number of benzene rings is 6. The SMILES string of the molecule is CN(CC#Cc1ccc2c(c1)[C@]1(C(=O)N2)[C@H](C(=O)NCc2nc3ccccc3[nH]2)[C@H]2C(=O)O[C@H](c3ccccc3)[C@H](c3ccccc3)N2[C@@H]1c1cccc(OCCO)c1)Cc1ccccc1. The number of carbonyl (C=O) groups is 3. The highest BCUT2D eigenvalue weighted by Gasteiger charge is 2.74. The summed E-state index contributed by atoms with van der Waals surface area (Å²) < 4.78 is 12.6. The zero-order chi connectivity index (χ0) is 45.2. The maximum absolute atomic E-state index is 15.6. The molecule has 2 amide bonds. The summed E-state index contributed by atoms with van der Waals surface area (Å²) in [5, 5.41) is 16.0. The van der Waals surface area contributed by atoms with E-state index in [-0.39, 0.29) is 19.8 Å². The lowest BCUT2D eigenvalue weighted by atomic mass is 9.65. The predicted octanol–water partition coefficient (Wildman–Crippen LogP) is 7.00. The second-order valence-electron chi connectivity index (χ2n) is 17.0. The molecule has 12 heteroatoms. The van der Waals surface area contributed by atoms with Gasteiger partial charge in [0.1, 0.15) is 35.7 Å². The first-order valence-electron chi connectivity index (χ1n) is 22.1.